The number of benzene rings is 2. The predicted molar refractivity (Wildman–Crippen MR) is 83.0 cm³/mol. The third-order valence-electron chi connectivity index (χ3n) is 3.02. The normalized spacial score (nSPS) is 10.3. The molecule has 2 aromatic rings. The number of carbonyl (C=O) groups is 1. The third-order valence-corrected chi connectivity index (χ3v) is 3.02. The van der Waals surface area contributed by atoms with Gasteiger partial charge in [-0.1, -0.05) is 42.5 Å². The van der Waals surface area contributed by atoms with Gasteiger partial charge in [-0.05, 0) is 23.3 Å². The van der Waals surface area contributed by atoms with Gasteiger partial charge in [-0.2, -0.15) is 0 Å². The second-order valence-corrected chi connectivity index (χ2v) is 4.80. The first-order valence-corrected chi connectivity index (χ1v) is 6.99. The third kappa shape index (κ3) is 5.67. The van der Waals surface area contributed by atoms with Gasteiger partial charge in [0.2, 0.25) is 5.91 Å². The van der Waals surface area contributed by atoms with Gasteiger partial charge in [0.1, 0.15) is 12.4 Å². The maximum atomic E-state index is 10.8. The topological polar surface area (TPSA) is 64.4 Å². The van der Waals surface area contributed by atoms with E-state index in [2.05, 4.69) is 17.4 Å². The van der Waals surface area contributed by atoms with Crippen LogP contribution in [0, 0.1) is 0 Å². The van der Waals surface area contributed by atoms with Crippen LogP contribution in [0.3, 0.4) is 0 Å². The summed E-state index contributed by atoms with van der Waals surface area (Å²) >= 11 is 0. The molecular weight excluding hydrogens is 264 g/mol. The minimum absolute atomic E-state index is 0.263. The van der Waals surface area contributed by atoms with Gasteiger partial charge in [-0.25, -0.2) is 0 Å². The van der Waals surface area contributed by atoms with E-state index < -0.39 is 0 Å². The van der Waals surface area contributed by atoms with Gasteiger partial charge in [0.15, 0.2) is 0 Å². The average molecular weight is 284 g/mol. The highest BCUT2D eigenvalue weighted by atomic mass is 16.5. The van der Waals surface area contributed by atoms with Gasteiger partial charge in [0.25, 0.3) is 0 Å². The molecule has 0 spiro atoms. The fourth-order valence-corrected chi connectivity index (χ4v) is 1.97. The number of nitrogens with one attached hydrogen (secondary N) is 1. The molecule has 110 valence electrons. The monoisotopic (exact) mass is 284 g/mol. The summed E-state index contributed by atoms with van der Waals surface area (Å²) in [5.74, 6) is 0.471. The van der Waals surface area contributed by atoms with Gasteiger partial charge in [0.05, 0.1) is 6.42 Å². The molecule has 2 aromatic carbocycles. The van der Waals surface area contributed by atoms with Gasteiger partial charge in [-0.15, -0.1) is 0 Å². The van der Waals surface area contributed by atoms with Crippen molar-refractivity contribution in [1.82, 2.24) is 5.32 Å². The Balaban J connectivity index is 1.65. The Morgan fingerprint density at radius 3 is 2.38 bits per heavy atom. The Labute approximate surface area is 124 Å². The summed E-state index contributed by atoms with van der Waals surface area (Å²) < 4.78 is 5.63. The maximum Gasteiger partial charge on any atom is 0.221 e. The molecule has 0 saturated carbocycles. The van der Waals surface area contributed by atoms with Crippen LogP contribution in [0.2, 0.25) is 0 Å². The Morgan fingerprint density at radius 2 is 1.71 bits per heavy atom. The summed E-state index contributed by atoms with van der Waals surface area (Å²) in [6, 6.07) is 17.7. The summed E-state index contributed by atoms with van der Waals surface area (Å²) in [5, 5.41) is 3.32. The average Bonchev–Trinajstić information content (AvgIpc) is 2.49. The van der Waals surface area contributed by atoms with Crippen LogP contribution in [0.1, 0.15) is 11.1 Å². The molecule has 4 nitrogen and oxygen atoms in total. The zero-order valence-corrected chi connectivity index (χ0v) is 11.9. The molecule has 0 aromatic heterocycles. The highest BCUT2D eigenvalue weighted by molar-refractivity contribution is 5.76. The zero-order valence-electron chi connectivity index (χ0n) is 11.9. The molecule has 0 bridgehead atoms. The molecular formula is C17H20N2O2. The minimum atomic E-state index is -0.325. The zero-order chi connectivity index (χ0) is 14.9. The van der Waals surface area contributed by atoms with E-state index in [1.807, 2.05) is 42.5 Å². The van der Waals surface area contributed by atoms with E-state index in [1.165, 1.54) is 5.56 Å². The molecule has 0 saturated heterocycles. The lowest BCUT2D eigenvalue weighted by molar-refractivity contribution is -0.117. The number of amides is 1. The molecule has 4 heteroatoms. The molecule has 0 aliphatic carbocycles. The van der Waals surface area contributed by atoms with Crippen molar-refractivity contribution in [1.29, 1.82) is 0 Å². The van der Waals surface area contributed by atoms with Crippen LogP contribution in [0.4, 0.5) is 0 Å². The molecule has 2 rings (SSSR count). The second kappa shape index (κ2) is 8.07. The first kappa shape index (κ1) is 15.1. The Morgan fingerprint density at radius 1 is 1.00 bits per heavy atom. The lowest BCUT2D eigenvalue weighted by atomic mass is 10.1. The second-order valence-electron chi connectivity index (χ2n) is 4.80. The van der Waals surface area contributed by atoms with Gasteiger partial charge in [-0.3, -0.25) is 4.79 Å². The van der Waals surface area contributed by atoms with Crippen LogP contribution in [-0.2, 0) is 17.8 Å². The summed E-state index contributed by atoms with van der Waals surface area (Å²) in [7, 11) is 0. The number of ether oxygens (including phenoxy) is 1. The molecule has 3 N–H and O–H groups in total. The van der Waals surface area contributed by atoms with Crippen LogP contribution in [-0.4, -0.2) is 19.1 Å². The van der Waals surface area contributed by atoms with Crippen molar-refractivity contribution in [3.8, 4) is 5.75 Å². The van der Waals surface area contributed by atoms with Crippen LogP contribution >= 0.6 is 0 Å². The summed E-state index contributed by atoms with van der Waals surface area (Å²) in [4.78, 5) is 10.8. The summed E-state index contributed by atoms with van der Waals surface area (Å²) in [6.45, 7) is 2.21. The highest BCUT2D eigenvalue weighted by Crippen LogP contribution is 2.12. The number of primary amides is 1. The van der Waals surface area contributed by atoms with Crippen LogP contribution in [0.15, 0.2) is 54.6 Å². The molecule has 0 unspecified atom stereocenters. The molecule has 21 heavy (non-hydrogen) atoms. The van der Waals surface area contributed by atoms with Crippen molar-refractivity contribution < 1.29 is 9.53 Å². The summed E-state index contributed by atoms with van der Waals surface area (Å²) in [6.07, 6.45) is 0.263. The Bertz CT molecular complexity index is 553. The predicted octanol–water partition coefficient (Wildman–Crippen LogP) is 1.88. The molecule has 0 fully saturated rings. The minimum Gasteiger partial charge on any atom is -0.492 e. The lowest BCUT2D eigenvalue weighted by Gasteiger charge is -2.08. The number of hydrogen-bond acceptors (Lipinski definition) is 3. The number of rotatable bonds is 8. The molecule has 0 aliphatic heterocycles. The number of carbonyl (C=O) groups excluding carboxylic acids is 1. The largest absolute Gasteiger partial charge is 0.492 e. The molecule has 1 amide bonds. The van der Waals surface area contributed by atoms with E-state index in [0.717, 1.165) is 24.4 Å². The van der Waals surface area contributed by atoms with E-state index in [1.54, 1.807) is 0 Å². The van der Waals surface area contributed by atoms with E-state index in [-0.39, 0.29) is 12.3 Å². The van der Waals surface area contributed by atoms with Crippen molar-refractivity contribution in [3.63, 3.8) is 0 Å². The SMILES string of the molecule is NC(=O)Cc1ccc(OCCNCc2ccccc2)cc1. The fourth-order valence-electron chi connectivity index (χ4n) is 1.97. The van der Waals surface area contributed by atoms with Crippen LogP contribution in [0.5, 0.6) is 5.75 Å². The van der Waals surface area contributed by atoms with Gasteiger partial charge < -0.3 is 15.8 Å². The van der Waals surface area contributed by atoms with Crippen molar-refractivity contribution >= 4 is 5.91 Å². The van der Waals surface area contributed by atoms with E-state index in [0.29, 0.717) is 6.61 Å². The summed E-state index contributed by atoms with van der Waals surface area (Å²) in [5.41, 5.74) is 7.30. The molecule has 0 aliphatic rings. The van der Waals surface area contributed by atoms with Gasteiger partial charge in [0, 0.05) is 13.1 Å². The van der Waals surface area contributed by atoms with E-state index in [9.17, 15) is 4.79 Å². The molecule has 0 radical (unpaired) electrons. The van der Waals surface area contributed by atoms with E-state index >= 15 is 0 Å². The van der Waals surface area contributed by atoms with Crippen molar-refractivity contribution in [2.45, 2.75) is 13.0 Å². The molecule has 0 heterocycles. The quantitative estimate of drug-likeness (QED) is 0.728. The first-order valence-electron chi connectivity index (χ1n) is 6.99. The maximum absolute atomic E-state index is 10.8. The standard InChI is InChI=1S/C17H20N2O2/c18-17(20)12-14-6-8-16(9-7-14)21-11-10-19-13-15-4-2-1-3-5-15/h1-9,19H,10-13H2,(H2,18,20). The highest BCUT2D eigenvalue weighted by Gasteiger charge is 1.99. The van der Waals surface area contributed by atoms with Crippen LogP contribution < -0.4 is 15.8 Å². The number of hydrogen-bond donors (Lipinski definition) is 2. The Hall–Kier alpha value is -2.33. The molecule has 0 atom stereocenters. The first-order chi connectivity index (χ1) is 10.2. The van der Waals surface area contributed by atoms with E-state index in [4.69, 9.17) is 10.5 Å². The van der Waals surface area contributed by atoms with Crippen molar-refractivity contribution in [2.75, 3.05) is 13.2 Å². The Kier molecular flexibility index (Phi) is 5.79. The smallest absolute Gasteiger partial charge is 0.221 e. The van der Waals surface area contributed by atoms with Gasteiger partial charge >= 0.3 is 0 Å². The fraction of sp³-hybridized carbons (Fsp3) is 0.235. The van der Waals surface area contributed by atoms with Crippen molar-refractivity contribution in [3.05, 3.63) is 65.7 Å². The number of nitrogens with two attached hydrogens (primary N) is 1. The van der Waals surface area contributed by atoms with Crippen molar-refractivity contribution in [2.24, 2.45) is 5.73 Å². The van der Waals surface area contributed by atoms with Crippen LogP contribution in [0.25, 0.3) is 0 Å². The lowest BCUT2D eigenvalue weighted by Crippen LogP contribution is -2.20.